The fourth-order valence-corrected chi connectivity index (χ4v) is 1.96. The highest BCUT2D eigenvalue weighted by Crippen LogP contribution is 2.17. The van der Waals surface area contributed by atoms with Crippen molar-refractivity contribution in [1.82, 2.24) is 0 Å². The topological polar surface area (TPSA) is 43.4 Å². The minimum atomic E-state index is -3.36. The molecule has 0 bridgehead atoms. The van der Waals surface area contributed by atoms with Crippen molar-refractivity contribution in [2.75, 3.05) is 12.9 Å². The summed E-state index contributed by atoms with van der Waals surface area (Å²) in [5.41, 5.74) is 0. The quantitative estimate of drug-likeness (QED) is 0.702. The van der Waals surface area contributed by atoms with Crippen LogP contribution in [0.4, 0.5) is 0 Å². The van der Waals surface area contributed by atoms with Gasteiger partial charge in [-0.05, 0) is 18.2 Å². The lowest BCUT2D eigenvalue weighted by Crippen LogP contribution is -2.04. The summed E-state index contributed by atoms with van der Waals surface area (Å²) in [7, 11) is -1.88. The van der Waals surface area contributed by atoms with Gasteiger partial charge in [-0.1, -0.05) is 12.0 Å². The average molecular weight is 210 g/mol. The Morgan fingerprint density at radius 1 is 1.50 bits per heavy atom. The molecule has 0 saturated heterocycles. The van der Waals surface area contributed by atoms with Crippen molar-refractivity contribution in [2.45, 2.75) is 4.90 Å². The second-order valence-corrected chi connectivity index (χ2v) is 4.63. The number of ether oxygens (including phenoxy) is 1. The molecule has 0 radical (unpaired) electrons. The largest absolute Gasteiger partial charge is 0.497 e. The number of methoxy groups -OCH3 is 1. The molecule has 1 aromatic carbocycles. The highest BCUT2D eigenvalue weighted by atomic mass is 32.2. The molecule has 0 unspecified atom stereocenters. The van der Waals surface area contributed by atoms with Gasteiger partial charge in [0.05, 0.1) is 12.0 Å². The van der Waals surface area contributed by atoms with Crippen molar-refractivity contribution >= 4 is 9.84 Å². The lowest BCUT2D eigenvalue weighted by atomic mass is 10.3. The Balaban J connectivity index is 3.15. The molecule has 0 N–H and O–H groups in total. The van der Waals surface area contributed by atoms with E-state index in [0.29, 0.717) is 5.75 Å². The van der Waals surface area contributed by atoms with E-state index in [1.807, 2.05) is 0 Å². The van der Waals surface area contributed by atoms with Crippen LogP contribution in [0.2, 0.25) is 0 Å². The molecule has 1 rings (SSSR count). The third kappa shape index (κ3) is 2.27. The maximum absolute atomic E-state index is 11.5. The third-order valence-electron chi connectivity index (χ3n) is 1.67. The summed E-state index contributed by atoms with van der Waals surface area (Å²) in [4.78, 5) is 0.190. The molecule has 0 aromatic heterocycles. The smallest absolute Gasteiger partial charge is 0.189 e. The van der Waals surface area contributed by atoms with Gasteiger partial charge in [-0.2, -0.15) is 0 Å². The van der Waals surface area contributed by atoms with E-state index in [9.17, 15) is 8.42 Å². The van der Waals surface area contributed by atoms with Gasteiger partial charge in [0.15, 0.2) is 9.84 Å². The fourth-order valence-electron chi connectivity index (χ4n) is 0.988. The molecule has 0 aliphatic carbocycles. The van der Waals surface area contributed by atoms with E-state index < -0.39 is 9.84 Å². The number of terminal acetylenes is 1. The predicted octanol–water partition coefficient (Wildman–Crippen LogP) is 1.10. The van der Waals surface area contributed by atoms with E-state index in [2.05, 4.69) is 5.92 Å². The Labute approximate surface area is 83.6 Å². The van der Waals surface area contributed by atoms with Crippen molar-refractivity contribution in [3.63, 3.8) is 0 Å². The summed E-state index contributed by atoms with van der Waals surface area (Å²) in [6, 6.07) is 6.24. The summed E-state index contributed by atoms with van der Waals surface area (Å²) in [5, 5.41) is 0. The van der Waals surface area contributed by atoms with Crippen LogP contribution in [0, 0.1) is 12.3 Å². The second-order valence-electron chi connectivity index (χ2n) is 2.64. The average Bonchev–Trinajstić information content (AvgIpc) is 2.18. The van der Waals surface area contributed by atoms with Gasteiger partial charge in [-0.25, -0.2) is 8.42 Å². The van der Waals surface area contributed by atoms with Gasteiger partial charge in [-0.15, -0.1) is 6.42 Å². The van der Waals surface area contributed by atoms with E-state index in [4.69, 9.17) is 11.2 Å². The van der Waals surface area contributed by atoms with E-state index in [0.717, 1.165) is 0 Å². The summed E-state index contributed by atoms with van der Waals surface area (Å²) >= 11 is 0. The zero-order chi connectivity index (χ0) is 10.6. The van der Waals surface area contributed by atoms with Gasteiger partial charge in [0.1, 0.15) is 11.5 Å². The molecule has 0 spiro atoms. The summed E-state index contributed by atoms with van der Waals surface area (Å²) in [5.74, 6) is 2.33. The van der Waals surface area contributed by atoms with Crippen LogP contribution in [0.15, 0.2) is 29.2 Å². The maximum Gasteiger partial charge on any atom is 0.189 e. The molecular weight excluding hydrogens is 200 g/mol. The molecule has 74 valence electrons. The molecule has 4 heteroatoms. The predicted molar refractivity (Wildman–Crippen MR) is 53.9 cm³/mol. The summed E-state index contributed by atoms with van der Waals surface area (Å²) < 4.78 is 27.9. The van der Waals surface area contributed by atoms with E-state index in [1.54, 1.807) is 12.1 Å². The molecule has 0 saturated carbocycles. The van der Waals surface area contributed by atoms with Gasteiger partial charge in [0.25, 0.3) is 0 Å². The minimum Gasteiger partial charge on any atom is -0.497 e. The molecular formula is C10H10O3S. The zero-order valence-corrected chi connectivity index (χ0v) is 8.54. The minimum absolute atomic E-state index is 0.190. The molecule has 0 heterocycles. The Kier molecular flexibility index (Phi) is 3.15. The van der Waals surface area contributed by atoms with Crippen LogP contribution in [-0.4, -0.2) is 21.3 Å². The van der Waals surface area contributed by atoms with Crippen LogP contribution in [0.3, 0.4) is 0 Å². The highest BCUT2D eigenvalue weighted by molar-refractivity contribution is 7.91. The van der Waals surface area contributed by atoms with E-state index in [-0.39, 0.29) is 10.6 Å². The molecule has 0 atom stereocenters. The van der Waals surface area contributed by atoms with Crippen molar-refractivity contribution < 1.29 is 13.2 Å². The van der Waals surface area contributed by atoms with Crippen molar-refractivity contribution in [3.8, 4) is 18.1 Å². The van der Waals surface area contributed by atoms with Gasteiger partial charge >= 0.3 is 0 Å². The molecule has 0 aliphatic heterocycles. The van der Waals surface area contributed by atoms with Crippen LogP contribution in [-0.2, 0) is 9.84 Å². The van der Waals surface area contributed by atoms with Gasteiger partial charge in [0.2, 0.25) is 0 Å². The molecule has 0 amide bonds. The van der Waals surface area contributed by atoms with Crippen LogP contribution >= 0.6 is 0 Å². The maximum atomic E-state index is 11.5. The molecule has 0 aliphatic rings. The van der Waals surface area contributed by atoms with Crippen LogP contribution in [0.1, 0.15) is 0 Å². The lowest BCUT2D eigenvalue weighted by molar-refractivity contribution is 0.413. The van der Waals surface area contributed by atoms with Crippen LogP contribution in [0.25, 0.3) is 0 Å². The first-order valence-corrected chi connectivity index (χ1v) is 5.55. The number of sulfone groups is 1. The number of hydrogen-bond donors (Lipinski definition) is 0. The van der Waals surface area contributed by atoms with Gasteiger partial charge in [-0.3, -0.25) is 0 Å². The second kappa shape index (κ2) is 4.16. The Bertz CT molecular complexity index is 455. The normalized spacial score (nSPS) is 10.6. The molecule has 14 heavy (non-hydrogen) atoms. The van der Waals surface area contributed by atoms with E-state index in [1.165, 1.54) is 19.2 Å². The summed E-state index contributed by atoms with van der Waals surface area (Å²) in [6.45, 7) is 0. The standard InChI is InChI=1S/C10H10O3S/c1-3-7-14(11,12)10-6-4-5-9(8-10)13-2/h1,4-6,8H,7H2,2H3. The number of hydrogen-bond acceptors (Lipinski definition) is 3. The van der Waals surface area contributed by atoms with Crippen LogP contribution < -0.4 is 4.74 Å². The molecule has 3 nitrogen and oxygen atoms in total. The van der Waals surface area contributed by atoms with Crippen molar-refractivity contribution in [1.29, 1.82) is 0 Å². The molecule has 1 aromatic rings. The first kappa shape index (κ1) is 10.6. The first-order valence-electron chi connectivity index (χ1n) is 3.90. The summed E-state index contributed by atoms with van der Waals surface area (Å²) in [6.07, 6.45) is 4.96. The zero-order valence-electron chi connectivity index (χ0n) is 7.73. The monoisotopic (exact) mass is 210 g/mol. The van der Waals surface area contributed by atoms with Crippen molar-refractivity contribution in [3.05, 3.63) is 24.3 Å². The van der Waals surface area contributed by atoms with Crippen molar-refractivity contribution in [2.24, 2.45) is 0 Å². The van der Waals surface area contributed by atoms with Gasteiger partial charge < -0.3 is 4.74 Å². The van der Waals surface area contributed by atoms with Crippen LogP contribution in [0.5, 0.6) is 5.75 Å². The third-order valence-corrected chi connectivity index (χ3v) is 3.19. The Hall–Kier alpha value is -1.47. The van der Waals surface area contributed by atoms with E-state index >= 15 is 0 Å². The Morgan fingerprint density at radius 3 is 2.79 bits per heavy atom. The highest BCUT2D eigenvalue weighted by Gasteiger charge is 2.12. The Morgan fingerprint density at radius 2 is 2.21 bits per heavy atom. The molecule has 0 fully saturated rings. The lowest BCUT2D eigenvalue weighted by Gasteiger charge is -2.03. The van der Waals surface area contributed by atoms with Gasteiger partial charge in [0, 0.05) is 0 Å². The fraction of sp³-hybridized carbons (Fsp3) is 0.200. The SMILES string of the molecule is C#CCS(=O)(=O)c1cccc(OC)c1. The number of benzene rings is 1. The number of rotatable bonds is 3. The first-order chi connectivity index (χ1) is 6.60.